The van der Waals surface area contributed by atoms with Crippen LogP contribution in [0.2, 0.25) is 0 Å². The highest BCUT2D eigenvalue weighted by Gasteiger charge is 2.18. The Morgan fingerprint density at radius 2 is 1.58 bits per heavy atom. The largest absolute Gasteiger partial charge is 0.481 e. The van der Waals surface area contributed by atoms with Gasteiger partial charge in [0.2, 0.25) is 0 Å². The van der Waals surface area contributed by atoms with Crippen LogP contribution in [-0.4, -0.2) is 18.6 Å². The van der Waals surface area contributed by atoms with Crippen LogP contribution in [0.5, 0.6) is 5.75 Å². The average molecular weight is 325 g/mol. The third-order valence-electron chi connectivity index (χ3n) is 4.17. The molecule has 1 amide bonds. The molecule has 0 unspecified atom stereocenters. The van der Waals surface area contributed by atoms with Gasteiger partial charge in [0.15, 0.2) is 6.10 Å². The maximum absolute atomic E-state index is 12.3. The van der Waals surface area contributed by atoms with E-state index in [1.807, 2.05) is 42.5 Å². The van der Waals surface area contributed by atoms with Crippen LogP contribution in [-0.2, 0) is 4.79 Å². The molecule has 2 atom stereocenters. The highest BCUT2D eigenvalue weighted by Crippen LogP contribution is 2.26. The summed E-state index contributed by atoms with van der Waals surface area (Å²) < 4.78 is 5.89. The number of para-hydroxylation sites is 1. The Labute approximate surface area is 145 Å². The van der Waals surface area contributed by atoms with Gasteiger partial charge in [0.25, 0.3) is 5.91 Å². The molecule has 0 aliphatic carbocycles. The summed E-state index contributed by atoms with van der Waals surface area (Å²) in [5, 5.41) is 2.99. The number of benzene rings is 2. The molecule has 0 radical (unpaired) electrons. The van der Waals surface area contributed by atoms with Crippen LogP contribution in [0.25, 0.3) is 0 Å². The van der Waals surface area contributed by atoms with Crippen LogP contribution < -0.4 is 10.1 Å². The third kappa shape index (κ3) is 4.85. The zero-order chi connectivity index (χ0) is 17.5. The van der Waals surface area contributed by atoms with Crippen LogP contribution in [0.3, 0.4) is 0 Å². The average Bonchev–Trinajstić information content (AvgIpc) is 2.60. The molecule has 1 N–H and O–H groups in total. The molecule has 0 aromatic heterocycles. The lowest BCUT2D eigenvalue weighted by Gasteiger charge is -2.20. The molecule has 24 heavy (non-hydrogen) atoms. The van der Waals surface area contributed by atoms with E-state index in [1.165, 1.54) is 5.56 Å². The molecule has 128 valence electrons. The van der Waals surface area contributed by atoms with Crippen molar-refractivity contribution in [3.8, 4) is 5.75 Å². The molecular weight excluding hydrogens is 298 g/mol. The number of nitrogens with one attached hydrogen (secondary N) is 1. The van der Waals surface area contributed by atoms with Crippen LogP contribution in [0, 0.1) is 0 Å². The van der Waals surface area contributed by atoms with Gasteiger partial charge in [-0.1, -0.05) is 69.3 Å². The number of amides is 1. The van der Waals surface area contributed by atoms with Gasteiger partial charge in [-0.05, 0) is 36.0 Å². The summed E-state index contributed by atoms with van der Waals surface area (Å²) in [7, 11) is 0. The molecule has 2 aromatic rings. The van der Waals surface area contributed by atoms with Crippen molar-refractivity contribution in [2.24, 2.45) is 0 Å². The molecule has 0 aliphatic heterocycles. The summed E-state index contributed by atoms with van der Waals surface area (Å²) in [5.74, 6) is 1.32. The van der Waals surface area contributed by atoms with Crippen molar-refractivity contribution in [3.63, 3.8) is 0 Å². The quantitative estimate of drug-likeness (QED) is 0.814. The van der Waals surface area contributed by atoms with Gasteiger partial charge in [0, 0.05) is 6.54 Å². The lowest BCUT2D eigenvalue weighted by Crippen LogP contribution is -2.38. The van der Waals surface area contributed by atoms with E-state index in [-0.39, 0.29) is 11.8 Å². The fourth-order valence-electron chi connectivity index (χ4n) is 2.61. The molecule has 3 nitrogen and oxygen atoms in total. The first-order chi connectivity index (χ1) is 11.5. The molecule has 0 spiro atoms. The Hall–Kier alpha value is -2.29. The number of carbonyl (C=O) groups excluding carboxylic acids is 1. The third-order valence-corrected chi connectivity index (χ3v) is 4.17. The molecular formula is C21H27NO2. The SMILES string of the molecule is CC(C)c1ccccc1O[C@H](C)C(=O)NC[C@@H](C)c1ccccc1. The Bertz CT molecular complexity index is 652. The van der Waals surface area contributed by atoms with Crippen LogP contribution in [0.15, 0.2) is 54.6 Å². The van der Waals surface area contributed by atoms with Gasteiger partial charge in [-0.25, -0.2) is 0 Å². The number of rotatable bonds is 7. The van der Waals surface area contributed by atoms with E-state index in [0.717, 1.165) is 11.3 Å². The van der Waals surface area contributed by atoms with E-state index in [9.17, 15) is 4.79 Å². The summed E-state index contributed by atoms with van der Waals surface area (Å²) in [6.45, 7) is 8.74. The van der Waals surface area contributed by atoms with Crippen LogP contribution >= 0.6 is 0 Å². The minimum absolute atomic E-state index is 0.0867. The Kier molecular flexibility index (Phi) is 6.42. The topological polar surface area (TPSA) is 38.3 Å². The van der Waals surface area contributed by atoms with Gasteiger partial charge < -0.3 is 10.1 Å². The van der Waals surface area contributed by atoms with Gasteiger partial charge in [-0.3, -0.25) is 4.79 Å². The summed E-state index contributed by atoms with van der Waals surface area (Å²) in [4.78, 5) is 12.3. The van der Waals surface area contributed by atoms with Crippen molar-refractivity contribution in [1.29, 1.82) is 0 Å². The van der Waals surface area contributed by atoms with Crippen molar-refractivity contribution in [2.75, 3.05) is 6.54 Å². The van der Waals surface area contributed by atoms with E-state index in [1.54, 1.807) is 6.92 Å². The molecule has 0 fully saturated rings. The minimum Gasteiger partial charge on any atom is -0.481 e. The highest BCUT2D eigenvalue weighted by atomic mass is 16.5. The van der Waals surface area contributed by atoms with Gasteiger partial charge in [0.05, 0.1) is 0 Å². The number of hydrogen-bond donors (Lipinski definition) is 1. The maximum atomic E-state index is 12.3. The molecule has 0 aliphatic rings. The molecule has 0 bridgehead atoms. The Balaban J connectivity index is 1.91. The van der Waals surface area contributed by atoms with Crippen molar-refractivity contribution in [1.82, 2.24) is 5.32 Å². The number of carbonyl (C=O) groups is 1. The second-order valence-electron chi connectivity index (χ2n) is 6.51. The summed E-state index contributed by atoms with van der Waals surface area (Å²) in [5.41, 5.74) is 2.34. The van der Waals surface area contributed by atoms with Crippen LogP contribution in [0.4, 0.5) is 0 Å². The van der Waals surface area contributed by atoms with E-state index in [2.05, 4.69) is 38.2 Å². The van der Waals surface area contributed by atoms with Crippen molar-refractivity contribution in [3.05, 3.63) is 65.7 Å². The first-order valence-corrected chi connectivity index (χ1v) is 8.57. The molecule has 3 heteroatoms. The monoisotopic (exact) mass is 325 g/mol. The summed E-state index contributed by atoms with van der Waals surface area (Å²) in [6.07, 6.45) is -0.520. The fourth-order valence-corrected chi connectivity index (χ4v) is 2.61. The standard InChI is InChI=1S/C21H27NO2/c1-15(2)19-12-8-9-13-20(19)24-17(4)21(23)22-14-16(3)18-10-6-5-7-11-18/h5-13,15-17H,14H2,1-4H3,(H,22,23)/t16-,17-/m1/s1. The normalized spacial score (nSPS) is 13.4. The van der Waals surface area contributed by atoms with Gasteiger partial charge in [-0.15, -0.1) is 0 Å². The second-order valence-corrected chi connectivity index (χ2v) is 6.51. The molecule has 0 heterocycles. The van der Waals surface area contributed by atoms with E-state index in [4.69, 9.17) is 4.74 Å². The maximum Gasteiger partial charge on any atom is 0.260 e. The Morgan fingerprint density at radius 3 is 2.25 bits per heavy atom. The number of ether oxygens (including phenoxy) is 1. The molecule has 0 saturated carbocycles. The van der Waals surface area contributed by atoms with E-state index >= 15 is 0 Å². The van der Waals surface area contributed by atoms with Gasteiger partial charge in [-0.2, -0.15) is 0 Å². The predicted octanol–water partition coefficient (Wildman–Crippen LogP) is 4.50. The molecule has 2 aromatic carbocycles. The fraction of sp³-hybridized carbons (Fsp3) is 0.381. The van der Waals surface area contributed by atoms with E-state index in [0.29, 0.717) is 12.5 Å². The first kappa shape index (κ1) is 18.1. The van der Waals surface area contributed by atoms with Crippen LogP contribution in [0.1, 0.15) is 50.7 Å². The van der Waals surface area contributed by atoms with Gasteiger partial charge >= 0.3 is 0 Å². The molecule has 0 saturated heterocycles. The second kappa shape index (κ2) is 8.53. The minimum atomic E-state index is -0.520. The summed E-state index contributed by atoms with van der Waals surface area (Å²) in [6, 6.07) is 18.1. The zero-order valence-corrected chi connectivity index (χ0v) is 15.0. The first-order valence-electron chi connectivity index (χ1n) is 8.57. The smallest absolute Gasteiger partial charge is 0.260 e. The van der Waals surface area contributed by atoms with Gasteiger partial charge in [0.1, 0.15) is 5.75 Å². The number of hydrogen-bond acceptors (Lipinski definition) is 2. The predicted molar refractivity (Wildman–Crippen MR) is 98.5 cm³/mol. The van der Waals surface area contributed by atoms with E-state index < -0.39 is 6.10 Å². The van der Waals surface area contributed by atoms with Crippen molar-refractivity contribution < 1.29 is 9.53 Å². The molecule has 2 rings (SSSR count). The lowest BCUT2D eigenvalue weighted by atomic mass is 10.0. The van der Waals surface area contributed by atoms with Crippen molar-refractivity contribution >= 4 is 5.91 Å². The summed E-state index contributed by atoms with van der Waals surface area (Å²) >= 11 is 0. The lowest BCUT2D eigenvalue weighted by molar-refractivity contribution is -0.127. The zero-order valence-electron chi connectivity index (χ0n) is 15.0. The van der Waals surface area contributed by atoms with Crippen molar-refractivity contribution in [2.45, 2.75) is 45.6 Å². The highest BCUT2D eigenvalue weighted by molar-refractivity contribution is 5.80. The Morgan fingerprint density at radius 1 is 0.958 bits per heavy atom.